The molecular formula is C4H6N. The Hall–Kier alpha value is -0.330. The molecule has 1 radical (unpaired) electrons. The summed E-state index contributed by atoms with van der Waals surface area (Å²) in [5, 5.41) is 0. The van der Waals surface area contributed by atoms with Crippen molar-refractivity contribution in [2.24, 2.45) is 4.99 Å². The van der Waals surface area contributed by atoms with E-state index in [1.165, 1.54) is 0 Å². The lowest BCUT2D eigenvalue weighted by Crippen LogP contribution is -1.56. The predicted molar refractivity (Wildman–Crippen MR) is 22.0 cm³/mol. The lowest BCUT2D eigenvalue weighted by molar-refractivity contribution is 1.07. The van der Waals surface area contributed by atoms with E-state index >= 15 is 0 Å². The smallest absolute Gasteiger partial charge is 0.0722 e. The molecule has 5 heavy (non-hydrogen) atoms. The first-order valence-electron chi connectivity index (χ1n) is 1.83. The molecule has 0 unspecified atom stereocenters. The molecule has 1 nitrogen and oxygen atoms in total. The summed E-state index contributed by atoms with van der Waals surface area (Å²) in [7, 11) is 0. The monoisotopic (exact) mass is 68.1 g/mol. The van der Waals surface area contributed by atoms with Gasteiger partial charge in [0.25, 0.3) is 0 Å². The molecule has 27 valence electrons. The topological polar surface area (TPSA) is 12.4 Å². The maximum atomic E-state index is 3.83. The fourth-order valence-corrected chi connectivity index (χ4v) is 0.373. The Bertz CT molecular complexity index is 41.6. The zero-order valence-corrected chi connectivity index (χ0v) is 3.02. The van der Waals surface area contributed by atoms with Crippen LogP contribution >= 0.6 is 0 Å². The van der Waals surface area contributed by atoms with Gasteiger partial charge in [-0.25, -0.2) is 0 Å². The minimum absolute atomic E-state index is 1.15. The SMILES string of the molecule is [CH]1CCC=N1. The first-order valence-corrected chi connectivity index (χ1v) is 1.83. The molecule has 0 saturated carbocycles. The molecule has 0 aliphatic carbocycles. The molecule has 0 aromatic carbocycles. The van der Waals surface area contributed by atoms with Crippen molar-refractivity contribution in [2.75, 3.05) is 0 Å². The molecule has 0 atom stereocenters. The van der Waals surface area contributed by atoms with E-state index < -0.39 is 0 Å². The highest BCUT2D eigenvalue weighted by atomic mass is 14.7. The van der Waals surface area contributed by atoms with Crippen LogP contribution in [0, 0.1) is 6.54 Å². The molecule has 1 heteroatoms. The van der Waals surface area contributed by atoms with Crippen LogP contribution in [0.5, 0.6) is 0 Å². The minimum Gasteiger partial charge on any atom is -0.292 e. The van der Waals surface area contributed by atoms with E-state index in [0.717, 1.165) is 12.8 Å². The second-order valence-corrected chi connectivity index (χ2v) is 1.09. The average Bonchev–Trinajstić information content (AvgIpc) is 1.76. The quantitative estimate of drug-likeness (QED) is 0.402. The van der Waals surface area contributed by atoms with Crippen LogP contribution in [0.3, 0.4) is 0 Å². The van der Waals surface area contributed by atoms with Crippen molar-refractivity contribution in [2.45, 2.75) is 12.8 Å². The van der Waals surface area contributed by atoms with Gasteiger partial charge in [-0.1, -0.05) is 0 Å². The van der Waals surface area contributed by atoms with E-state index in [1.54, 1.807) is 0 Å². The molecule has 1 heterocycles. The summed E-state index contributed by atoms with van der Waals surface area (Å²) in [5.74, 6) is 0. The van der Waals surface area contributed by atoms with Crippen molar-refractivity contribution >= 4 is 6.21 Å². The Morgan fingerprint density at radius 2 is 2.40 bits per heavy atom. The van der Waals surface area contributed by atoms with E-state index in [1.807, 2.05) is 12.8 Å². The summed E-state index contributed by atoms with van der Waals surface area (Å²) in [4.78, 5) is 3.83. The van der Waals surface area contributed by atoms with Crippen LogP contribution in [0.4, 0.5) is 0 Å². The van der Waals surface area contributed by atoms with Crippen LogP contribution in [-0.2, 0) is 0 Å². The van der Waals surface area contributed by atoms with Gasteiger partial charge in [0.2, 0.25) is 0 Å². The second-order valence-electron chi connectivity index (χ2n) is 1.09. The number of aliphatic imine (C=N–C) groups is 1. The Morgan fingerprint density at radius 3 is 2.60 bits per heavy atom. The molecule has 0 N–H and O–H groups in total. The summed E-state index contributed by atoms with van der Waals surface area (Å²) in [6.45, 7) is 1.93. The van der Waals surface area contributed by atoms with Crippen molar-refractivity contribution in [1.82, 2.24) is 0 Å². The highest BCUT2D eigenvalue weighted by molar-refractivity contribution is 5.60. The highest BCUT2D eigenvalue weighted by Gasteiger charge is 1.86. The lowest BCUT2D eigenvalue weighted by atomic mass is 10.4. The summed E-state index contributed by atoms with van der Waals surface area (Å²) in [6.07, 6.45) is 4.24. The second kappa shape index (κ2) is 1.20. The van der Waals surface area contributed by atoms with Crippen molar-refractivity contribution in [3.63, 3.8) is 0 Å². The summed E-state index contributed by atoms with van der Waals surface area (Å²) in [6, 6.07) is 0. The number of rotatable bonds is 0. The van der Waals surface area contributed by atoms with Crippen LogP contribution in [-0.4, -0.2) is 6.21 Å². The molecule has 1 aliphatic rings. The van der Waals surface area contributed by atoms with Crippen molar-refractivity contribution < 1.29 is 0 Å². The Labute approximate surface area is 31.7 Å². The minimum atomic E-state index is 1.15. The van der Waals surface area contributed by atoms with Crippen molar-refractivity contribution in [1.29, 1.82) is 0 Å². The third-order valence-corrected chi connectivity index (χ3v) is 0.636. The van der Waals surface area contributed by atoms with Crippen molar-refractivity contribution in [3.8, 4) is 0 Å². The predicted octanol–water partition coefficient (Wildman–Crippen LogP) is 1.01. The molecular weight excluding hydrogens is 62.1 g/mol. The largest absolute Gasteiger partial charge is 0.292 e. The first-order chi connectivity index (χ1) is 2.50. The molecule has 0 amide bonds. The normalized spacial score (nSPS) is 20.8. The third-order valence-electron chi connectivity index (χ3n) is 0.636. The van der Waals surface area contributed by atoms with E-state index in [9.17, 15) is 0 Å². The molecule has 0 fully saturated rings. The summed E-state index contributed by atoms with van der Waals surface area (Å²) >= 11 is 0. The van der Waals surface area contributed by atoms with Gasteiger partial charge < -0.3 is 0 Å². The molecule has 0 spiro atoms. The van der Waals surface area contributed by atoms with Crippen LogP contribution in [0.2, 0.25) is 0 Å². The van der Waals surface area contributed by atoms with Gasteiger partial charge in [0, 0.05) is 0 Å². The van der Waals surface area contributed by atoms with Crippen LogP contribution in [0.25, 0.3) is 0 Å². The average molecular weight is 68.1 g/mol. The number of hydrogen-bond donors (Lipinski definition) is 0. The van der Waals surface area contributed by atoms with E-state index in [4.69, 9.17) is 0 Å². The maximum Gasteiger partial charge on any atom is 0.0722 e. The van der Waals surface area contributed by atoms with Crippen molar-refractivity contribution in [3.05, 3.63) is 6.54 Å². The van der Waals surface area contributed by atoms with E-state index in [0.29, 0.717) is 0 Å². The fourth-order valence-electron chi connectivity index (χ4n) is 0.373. The first kappa shape index (κ1) is 2.88. The molecule has 1 rings (SSSR count). The fraction of sp³-hybridized carbons (Fsp3) is 0.500. The Balaban J connectivity index is 2.32. The molecule has 0 saturated heterocycles. The summed E-state index contributed by atoms with van der Waals surface area (Å²) < 4.78 is 0. The zero-order chi connectivity index (χ0) is 3.54. The van der Waals surface area contributed by atoms with Crippen LogP contribution < -0.4 is 0 Å². The van der Waals surface area contributed by atoms with Gasteiger partial charge in [-0.2, -0.15) is 0 Å². The third kappa shape index (κ3) is 0.469. The van der Waals surface area contributed by atoms with Gasteiger partial charge in [-0.15, -0.1) is 0 Å². The van der Waals surface area contributed by atoms with Gasteiger partial charge in [-0.05, 0) is 19.1 Å². The zero-order valence-electron chi connectivity index (χ0n) is 3.02. The number of nitrogens with zero attached hydrogens (tertiary/aromatic N) is 1. The molecule has 0 aromatic heterocycles. The highest BCUT2D eigenvalue weighted by Crippen LogP contribution is 1.98. The van der Waals surface area contributed by atoms with Crippen LogP contribution in [0.15, 0.2) is 4.99 Å². The molecule has 0 bridgehead atoms. The van der Waals surface area contributed by atoms with E-state index in [-0.39, 0.29) is 0 Å². The van der Waals surface area contributed by atoms with Gasteiger partial charge in [0.15, 0.2) is 0 Å². The Kier molecular flexibility index (Phi) is 0.692. The van der Waals surface area contributed by atoms with Gasteiger partial charge in [0.05, 0.1) is 6.54 Å². The Morgan fingerprint density at radius 1 is 1.40 bits per heavy atom. The molecule has 1 aliphatic heterocycles. The summed E-state index contributed by atoms with van der Waals surface area (Å²) in [5.41, 5.74) is 0. The van der Waals surface area contributed by atoms with Gasteiger partial charge >= 0.3 is 0 Å². The molecule has 0 aromatic rings. The van der Waals surface area contributed by atoms with Gasteiger partial charge in [0.1, 0.15) is 0 Å². The number of hydrogen-bond acceptors (Lipinski definition) is 1. The lowest BCUT2D eigenvalue weighted by Gasteiger charge is -1.66. The standard InChI is InChI=1S/C4H6N/c1-2-4-5-3-1/h3-4H,1-2H2. The van der Waals surface area contributed by atoms with Crippen LogP contribution in [0.1, 0.15) is 12.8 Å². The van der Waals surface area contributed by atoms with Gasteiger partial charge in [-0.3, -0.25) is 4.99 Å². The maximum absolute atomic E-state index is 3.83. The van der Waals surface area contributed by atoms with E-state index in [2.05, 4.69) is 4.99 Å².